The van der Waals surface area contributed by atoms with Crippen molar-refractivity contribution in [3.63, 3.8) is 0 Å². The maximum atomic E-state index is 11.9. The van der Waals surface area contributed by atoms with Crippen LogP contribution in [0.5, 0.6) is 0 Å². The van der Waals surface area contributed by atoms with Gasteiger partial charge in [0.05, 0.1) is 0 Å². The molecule has 1 aromatic rings. The highest BCUT2D eigenvalue weighted by atomic mass is 35.5. The maximum Gasteiger partial charge on any atom is 0.407 e. The predicted molar refractivity (Wildman–Crippen MR) is 94.6 cm³/mol. The van der Waals surface area contributed by atoms with Crippen molar-refractivity contribution < 1.29 is 9.53 Å². The van der Waals surface area contributed by atoms with Crippen LogP contribution in [0.2, 0.25) is 5.02 Å². The lowest BCUT2D eigenvalue weighted by molar-refractivity contribution is 0.0476. The summed E-state index contributed by atoms with van der Waals surface area (Å²) in [7, 11) is 1.97. The third kappa shape index (κ3) is 6.77. The number of benzene rings is 1. The molecule has 0 aliphatic heterocycles. The van der Waals surface area contributed by atoms with Crippen LogP contribution in [0.25, 0.3) is 0 Å². The van der Waals surface area contributed by atoms with Crippen LogP contribution in [0, 0.1) is 0 Å². The van der Waals surface area contributed by atoms with E-state index in [9.17, 15) is 4.79 Å². The first-order chi connectivity index (χ1) is 10.6. The van der Waals surface area contributed by atoms with Gasteiger partial charge in [-0.15, -0.1) is 0 Å². The minimum absolute atomic E-state index is 0.0289. The smallest absolute Gasteiger partial charge is 0.407 e. The molecule has 0 spiro atoms. The average Bonchev–Trinajstić information content (AvgIpc) is 2.39. The Kier molecular flexibility index (Phi) is 7.32. The number of halogens is 1. The van der Waals surface area contributed by atoms with Gasteiger partial charge in [-0.25, -0.2) is 4.79 Å². The number of hydrogen-bond donors (Lipinski definition) is 2. The van der Waals surface area contributed by atoms with E-state index >= 15 is 0 Å². The lowest BCUT2D eigenvalue weighted by atomic mass is 10.1. The van der Waals surface area contributed by atoms with Gasteiger partial charge in [-0.2, -0.15) is 0 Å². The summed E-state index contributed by atoms with van der Waals surface area (Å²) in [5, 5.41) is 3.58. The number of likely N-dealkylation sites (N-methyl/N-ethyl adjacent to an activating group) is 1. The van der Waals surface area contributed by atoms with Gasteiger partial charge < -0.3 is 15.8 Å². The molecular weight excluding hydrogens is 314 g/mol. The van der Waals surface area contributed by atoms with Crippen LogP contribution in [0.1, 0.15) is 33.3 Å². The second-order valence-corrected chi connectivity index (χ2v) is 7.15. The van der Waals surface area contributed by atoms with Gasteiger partial charge in [-0.05, 0) is 46.4 Å². The Morgan fingerprint density at radius 1 is 1.39 bits per heavy atom. The first-order valence-corrected chi connectivity index (χ1v) is 8.15. The Morgan fingerprint density at radius 2 is 2.00 bits per heavy atom. The molecule has 0 aliphatic carbocycles. The lowest BCUT2D eigenvalue weighted by Gasteiger charge is -2.33. The van der Waals surface area contributed by atoms with Crippen molar-refractivity contribution in [2.75, 3.05) is 13.6 Å². The molecule has 0 saturated heterocycles. The van der Waals surface area contributed by atoms with Gasteiger partial charge in [-0.3, -0.25) is 4.90 Å². The Morgan fingerprint density at radius 3 is 2.52 bits per heavy atom. The van der Waals surface area contributed by atoms with E-state index < -0.39 is 11.7 Å². The van der Waals surface area contributed by atoms with Crippen LogP contribution in [0.4, 0.5) is 4.79 Å². The number of ether oxygens (including phenoxy) is 1. The van der Waals surface area contributed by atoms with E-state index in [2.05, 4.69) is 10.2 Å². The van der Waals surface area contributed by atoms with E-state index in [4.69, 9.17) is 22.1 Å². The van der Waals surface area contributed by atoms with Crippen molar-refractivity contribution in [2.45, 2.75) is 51.9 Å². The van der Waals surface area contributed by atoms with Crippen LogP contribution in [0.3, 0.4) is 0 Å². The molecule has 5 nitrogen and oxygen atoms in total. The molecule has 0 aromatic heterocycles. The zero-order valence-electron chi connectivity index (χ0n) is 14.6. The molecule has 2 atom stereocenters. The molecular formula is C17H28ClN3O2. The van der Waals surface area contributed by atoms with E-state index in [1.807, 2.05) is 59.0 Å². The quantitative estimate of drug-likeness (QED) is 0.834. The molecule has 3 N–H and O–H groups in total. The van der Waals surface area contributed by atoms with E-state index in [1.54, 1.807) is 0 Å². The second-order valence-electron chi connectivity index (χ2n) is 6.74. The first-order valence-electron chi connectivity index (χ1n) is 7.77. The molecule has 2 unspecified atom stereocenters. The van der Waals surface area contributed by atoms with Crippen LogP contribution >= 0.6 is 11.6 Å². The summed E-state index contributed by atoms with van der Waals surface area (Å²) in [5.41, 5.74) is 6.41. The summed E-state index contributed by atoms with van der Waals surface area (Å²) in [4.78, 5) is 14.0. The molecule has 23 heavy (non-hydrogen) atoms. The molecule has 1 aromatic carbocycles. The summed E-state index contributed by atoms with van der Waals surface area (Å²) in [6.07, 6.45) is -0.436. The van der Waals surface area contributed by atoms with Gasteiger partial charge in [0.1, 0.15) is 5.60 Å². The molecule has 130 valence electrons. The number of hydrogen-bond acceptors (Lipinski definition) is 4. The molecule has 6 heteroatoms. The fourth-order valence-electron chi connectivity index (χ4n) is 2.37. The molecule has 0 bridgehead atoms. The van der Waals surface area contributed by atoms with Crippen LogP contribution in [0.15, 0.2) is 24.3 Å². The van der Waals surface area contributed by atoms with Crippen molar-refractivity contribution in [2.24, 2.45) is 5.73 Å². The van der Waals surface area contributed by atoms with Crippen LogP contribution < -0.4 is 11.1 Å². The van der Waals surface area contributed by atoms with Crippen molar-refractivity contribution in [1.82, 2.24) is 10.2 Å². The van der Waals surface area contributed by atoms with Crippen molar-refractivity contribution in [3.05, 3.63) is 34.9 Å². The third-order valence-electron chi connectivity index (χ3n) is 3.51. The van der Waals surface area contributed by atoms with Gasteiger partial charge in [0.15, 0.2) is 0 Å². The Bertz CT molecular complexity index is 517. The van der Waals surface area contributed by atoms with E-state index in [-0.39, 0.29) is 12.1 Å². The number of rotatable bonds is 6. The van der Waals surface area contributed by atoms with Gasteiger partial charge in [-0.1, -0.05) is 29.8 Å². The Hall–Kier alpha value is -1.30. The Balaban J connectivity index is 2.67. The number of alkyl carbamates (subject to hydrolysis) is 1. The fourth-order valence-corrected chi connectivity index (χ4v) is 2.56. The molecule has 1 rings (SSSR count). The van der Waals surface area contributed by atoms with Crippen LogP contribution in [-0.2, 0) is 11.3 Å². The van der Waals surface area contributed by atoms with Gasteiger partial charge >= 0.3 is 6.09 Å². The molecule has 0 aliphatic rings. The topological polar surface area (TPSA) is 67.6 Å². The highest BCUT2D eigenvalue weighted by Crippen LogP contribution is 2.18. The maximum absolute atomic E-state index is 11.9. The SMILES string of the molecule is CC(NC(=O)OC(C)(C)C)C(CN)N(C)Cc1ccccc1Cl. The Labute approximate surface area is 144 Å². The van der Waals surface area contributed by atoms with E-state index in [0.29, 0.717) is 13.1 Å². The predicted octanol–water partition coefficient (Wildman–Crippen LogP) is 3.01. The normalized spacial score (nSPS) is 14.4. The fraction of sp³-hybridized carbons (Fsp3) is 0.588. The van der Waals surface area contributed by atoms with Gasteiger partial charge in [0.2, 0.25) is 0 Å². The molecule has 0 radical (unpaired) electrons. The minimum Gasteiger partial charge on any atom is -0.444 e. The number of carbonyl (C=O) groups is 1. The summed E-state index contributed by atoms with van der Waals surface area (Å²) >= 11 is 6.21. The van der Waals surface area contributed by atoms with Gasteiger partial charge in [0.25, 0.3) is 0 Å². The number of amides is 1. The standard InChI is InChI=1S/C17H28ClN3O2/c1-12(20-16(22)23-17(2,3)4)15(10-19)21(5)11-13-8-6-7-9-14(13)18/h6-9,12,15H,10-11,19H2,1-5H3,(H,20,22). The zero-order chi connectivity index (χ0) is 17.6. The summed E-state index contributed by atoms with van der Waals surface area (Å²) in [6, 6.07) is 7.53. The monoisotopic (exact) mass is 341 g/mol. The van der Waals surface area contributed by atoms with E-state index in [1.165, 1.54) is 0 Å². The molecule has 0 heterocycles. The average molecular weight is 342 g/mol. The minimum atomic E-state index is -0.522. The lowest BCUT2D eigenvalue weighted by Crippen LogP contribution is -2.53. The highest BCUT2D eigenvalue weighted by molar-refractivity contribution is 6.31. The van der Waals surface area contributed by atoms with Gasteiger partial charge in [0, 0.05) is 30.2 Å². The molecule has 0 saturated carbocycles. The van der Waals surface area contributed by atoms with Crippen molar-refractivity contribution >= 4 is 17.7 Å². The largest absolute Gasteiger partial charge is 0.444 e. The number of carbonyl (C=O) groups excluding carboxylic acids is 1. The number of nitrogens with zero attached hydrogens (tertiary/aromatic N) is 1. The van der Waals surface area contributed by atoms with E-state index in [0.717, 1.165) is 10.6 Å². The highest BCUT2D eigenvalue weighted by Gasteiger charge is 2.25. The van der Waals surface area contributed by atoms with Crippen molar-refractivity contribution in [1.29, 1.82) is 0 Å². The summed E-state index contributed by atoms with van der Waals surface area (Å²) in [5.74, 6) is 0. The zero-order valence-corrected chi connectivity index (χ0v) is 15.4. The summed E-state index contributed by atoms with van der Waals surface area (Å²) in [6.45, 7) is 8.49. The summed E-state index contributed by atoms with van der Waals surface area (Å²) < 4.78 is 5.29. The van der Waals surface area contributed by atoms with Crippen LogP contribution in [-0.4, -0.2) is 42.3 Å². The van der Waals surface area contributed by atoms with Crippen molar-refractivity contribution in [3.8, 4) is 0 Å². The number of nitrogens with two attached hydrogens (primary N) is 1. The first kappa shape index (κ1) is 19.7. The number of nitrogens with one attached hydrogen (secondary N) is 1. The second kappa shape index (κ2) is 8.52. The third-order valence-corrected chi connectivity index (χ3v) is 3.88. The molecule has 0 fully saturated rings. The molecule has 1 amide bonds.